The van der Waals surface area contributed by atoms with Crippen LogP contribution in [0.25, 0.3) is 6.08 Å². The molecular formula is C8H6BrI. The molecule has 0 amide bonds. The number of hydrogen-bond acceptors (Lipinski definition) is 0. The highest BCUT2D eigenvalue weighted by molar-refractivity contribution is 14.1. The average molecular weight is 309 g/mol. The van der Waals surface area contributed by atoms with Crippen LogP contribution in [0.4, 0.5) is 0 Å². The summed E-state index contributed by atoms with van der Waals surface area (Å²) in [7, 11) is 0. The fourth-order valence-corrected chi connectivity index (χ4v) is 1.33. The van der Waals surface area contributed by atoms with Gasteiger partial charge in [-0.3, -0.25) is 0 Å². The molecule has 2 heteroatoms. The molecule has 10 heavy (non-hydrogen) atoms. The van der Waals surface area contributed by atoms with Crippen LogP contribution in [0.2, 0.25) is 0 Å². The van der Waals surface area contributed by atoms with E-state index in [1.165, 1.54) is 5.56 Å². The highest BCUT2D eigenvalue weighted by atomic mass is 127. The van der Waals surface area contributed by atoms with E-state index >= 15 is 0 Å². The van der Waals surface area contributed by atoms with Crippen LogP contribution in [0.15, 0.2) is 32.8 Å². The molecule has 1 aromatic carbocycles. The van der Waals surface area contributed by atoms with E-state index < -0.39 is 0 Å². The van der Waals surface area contributed by atoms with Crippen molar-refractivity contribution in [1.29, 1.82) is 0 Å². The quantitative estimate of drug-likeness (QED) is 0.691. The molecule has 0 aromatic heterocycles. The zero-order chi connectivity index (χ0) is 7.40. The molecule has 1 rings (SSSR count). The zero-order valence-electron chi connectivity index (χ0n) is 5.22. The molecule has 0 aliphatic rings. The molecule has 0 nitrogen and oxygen atoms in total. The lowest BCUT2D eigenvalue weighted by Crippen LogP contribution is -1.68. The summed E-state index contributed by atoms with van der Waals surface area (Å²) in [6.45, 7) is 0. The van der Waals surface area contributed by atoms with Crippen molar-refractivity contribution in [3.63, 3.8) is 0 Å². The fourth-order valence-electron chi connectivity index (χ4n) is 0.647. The van der Waals surface area contributed by atoms with E-state index in [0.717, 1.165) is 4.47 Å². The summed E-state index contributed by atoms with van der Waals surface area (Å²) in [6.07, 6.45) is 2.06. The molecule has 0 radical (unpaired) electrons. The molecule has 0 atom stereocenters. The first kappa shape index (κ1) is 8.27. The van der Waals surface area contributed by atoms with Crippen LogP contribution in [-0.2, 0) is 0 Å². The Labute approximate surface area is 82.6 Å². The van der Waals surface area contributed by atoms with Gasteiger partial charge in [0.1, 0.15) is 0 Å². The molecule has 0 heterocycles. The zero-order valence-corrected chi connectivity index (χ0v) is 8.96. The lowest BCUT2D eigenvalue weighted by atomic mass is 10.2. The third-order valence-corrected chi connectivity index (χ3v) is 2.01. The third kappa shape index (κ3) is 2.42. The second-order valence-electron chi connectivity index (χ2n) is 1.84. The van der Waals surface area contributed by atoms with E-state index in [9.17, 15) is 0 Å². The Morgan fingerprint density at radius 2 is 1.80 bits per heavy atom. The molecule has 0 spiro atoms. The van der Waals surface area contributed by atoms with Gasteiger partial charge in [0.15, 0.2) is 0 Å². The lowest BCUT2D eigenvalue weighted by molar-refractivity contribution is 1.62. The Morgan fingerprint density at radius 3 is 2.30 bits per heavy atom. The molecule has 0 aliphatic carbocycles. The van der Waals surface area contributed by atoms with Gasteiger partial charge in [-0.05, 0) is 27.9 Å². The Kier molecular flexibility index (Phi) is 3.42. The smallest absolute Gasteiger partial charge is 0.0175 e. The first-order valence-electron chi connectivity index (χ1n) is 2.85. The molecule has 0 aliphatic heterocycles. The maximum atomic E-state index is 3.37. The normalized spacial score (nSPS) is 10.6. The summed E-state index contributed by atoms with van der Waals surface area (Å²) in [5.41, 5.74) is 1.23. The van der Waals surface area contributed by atoms with E-state index in [2.05, 4.69) is 56.7 Å². The summed E-state index contributed by atoms with van der Waals surface area (Å²) >= 11 is 5.58. The van der Waals surface area contributed by atoms with Crippen molar-refractivity contribution in [1.82, 2.24) is 0 Å². The van der Waals surface area contributed by atoms with Crippen LogP contribution in [-0.4, -0.2) is 0 Å². The van der Waals surface area contributed by atoms with Crippen molar-refractivity contribution < 1.29 is 0 Å². The predicted molar refractivity (Wildman–Crippen MR) is 57.2 cm³/mol. The molecule has 0 unspecified atom stereocenters. The number of rotatable bonds is 1. The number of benzene rings is 1. The van der Waals surface area contributed by atoms with E-state index in [-0.39, 0.29) is 0 Å². The standard InChI is InChI=1S/C8H6BrI/c9-8-3-1-7(2-4-8)5-6-10/h1-6H/b6-5-. The largest absolute Gasteiger partial charge is 0.0538 e. The maximum absolute atomic E-state index is 3.37. The van der Waals surface area contributed by atoms with Gasteiger partial charge in [0, 0.05) is 4.47 Å². The lowest BCUT2D eigenvalue weighted by Gasteiger charge is -1.90. The third-order valence-electron chi connectivity index (χ3n) is 1.13. The molecule has 1 aromatic rings. The minimum atomic E-state index is 1.12. The van der Waals surface area contributed by atoms with Crippen LogP contribution in [0, 0.1) is 0 Å². The van der Waals surface area contributed by atoms with Gasteiger partial charge in [0.05, 0.1) is 0 Å². The van der Waals surface area contributed by atoms with Gasteiger partial charge < -0.3 is 0 Å². The molecule has 52 valence electrons. The first-order valence-corrected chi connectivity index (χ1v) is 4.89. The number of halogens is 2. The van der Waals surface area contributed by atoms with Gasteiger partial charge in [0.2, 0.25) is 0 Å². The van der Waals surface area contributed by atoms with Crippen molar-refractivity contribution in [2.75, 3.05) is 0 Å². The molecule has 0 saturated carbocycles. The van der Waals surface area contributed by atoms with E-state index in [0.29, 0.717) is 0 Å². The summed E-state index contributed by atoms with van der Waals surface area (Å²) in [5, 5.41) is 0. The number of hydrogen-bond donors (Lipinski definition) is 0. The van der Waals surface area contributed by atoms with Crippen molar-refractivity contribution in [2.45, 2.75) is 0 Å². The highest BCUT2D eigenvalue weighted by Crippen LogP contribution is 2.11. The van der Waals surface area contributed by atoms with Gasteiger partial charge in [-0.15, -0.1) is 0 Å². The van der Waals surface area contributed by atoms with Crippen molar-refractivity contribution in [2.24, 2.45) is 0 Å². The minimum absolute atomic E-state index is 1.12. The van der Waals surface area contributed by atoms with Gasteiger partial charge in [-0.25, -0.2) is 0 Å². The summed E-state index contributed by atoms with van der Waals surface area (Å²) < 4.78 is 3.12. The summed E-state index contributed by atoms with van der Waals surface area (Å²) in [5.74, 6) is 0. The summed E-state index contributed by atoms with van der Waals surface area (Å²) in [4.78, 5) is 0. The van der Waals surface area contributed by atoms with E-state index in [1.807, 2.05) is 16.2 Å². The van der Waals surface area contributed by atoms with Crippen molar-refractivity contribution in [3.8, 4) is 0 Å². The first-order chi connectivity index (χ1) is 4.83. The monoisotopic (exact) mass is 308 g/mol. The Bertz CT molecular complexity index is 226. The van der Waals surface area contributed by atoms with Gasteiger partial charge in [0.25, 0.3) is 0 Å². The second-order valence-corrected chi connectivity index (χ2v) is 3.48. The average Bonchev–Trinajstić information content (AvgIpc) is 1.95. The van der Waals surface area contributed by atoms with Crippen LogP contribution in [0.3, 0.4) is 0 Å². The Hall–Kier alpha value is 0.170. The molecule has 0 N–H and O–H groups in total. The van der Waals surface area contributed by atoms with Gasteiger partial charge in [-0.1, -0.05) is 50.7 Å². The van der Waals surface area contributed by atoms with E-state index in [4.69, 9.17) is 0 Å². The van der Waals surface area contributed by atoms with Gasteiger partial charge in [-0.2, -0.15) is 0 Å². The molecular weight excluding hydrogens is 303 g/mol. The van der Waals surface area contributed by atoms with Crippen LogP contribution < -0.4 is 0 Å². The molecule has 0 fully saturated rings. The Morgan fingerprint density at radius 1 is 1.20 bits per heavy atom. The highest BCUT2D eigenvalue weighted by Gasteiger charge is 1.84. The van der Waals surface area contributed by atoms with Crippen LogP contribution >= 0.6 is 38.5 Å². The Balaban J connectivity index is 2.89. The summed E-state index contributed by atoms with van der Waals surface area (Å²) in [6, 6.07) is 8.20. The van der Waals surface area contributed by atoms with Crippen LogP contribution in [0.5, 0.6) is 0 Å². The fraction of sp³-hybridized carbons (Fsp3) is 0. The van der Waals surface area contributed by atoms with Crippen LogP contribution in [0.1, 0.15) is 5.56 Å². The molecule has 0 bridgehead atoms. The molecule has 0 saturated heterocycles. The maximum Gasteiger partial charge on any atom is 0.0175 e. The SMILES string of the molecule is Brc1ccc(/C=C\I)cc1. The second kappa shape index (κ2) is 4.13. The minimum Gasteiger partial charge on any atom is -0.0538 e. The van der Waals surface area contributed by atoms with E-state index in [1.54, 1.807) is 0 Å². The van der Waals surface area contributed by atoms with Crippen molar-refractivity contribution in [3.05, 3.63) is 38.4 Å². The van der Waals surface area contributed by atoms with Crippen molar-refractivity contribution >= 4 is 44.6 Å². The predicted octanol–water partition coefficient (Wildman–Crippen LogP) is 3.85. The van der Waals surface area contributed by atoms with Gasteiger partial charge >= 0.3 is 0 Å². The topological polar surface area (TPSA) is 0 Å².